The minimum Gasteiger partial charge on any atom is -0.384 e. The molecule has 66 valence electrons. The molecule has 2 heterocycles. The SMILES string of the molecule is Nc1cc(-c2nc(N)n[nH]2)ccn1. The van der Waals surface area contributed by atoms with Crippen LogP contribution in [-0.4, -0.2) is 20.2 Å². The lowest BCUT2D eigenvalue weighted by Gasteiger charge is -1.95. The summed E-state index contributed by atoms with van der Waals surface area (Å²) < 4.78 is 0. The highest BCUT2D eigenvalue weighted by molar-refractivity contribution is 5.58. The Bertz CT molecular complexity index is 420. The van der Waals surface area contributed by atoms with Gasteiger partial charge in [0.2, 0.25) is 5.95 Å². The van der Waals surface area contributed by atoms with Gasteiger partial charge in [-0.3, -0.25) is 5.10 Å². The fraction of sp³-hybridized carbons (Fsp3) is 0. The van der Waals surface area contributed by atoms with Crippen LogP contribution in [0.4, 0.5) is 11.8 Å². The molecule has 6 nitrogen and oxygen atoms in total. The molecule has 2 aromatic rings. The molecule has 0 unspecified atom stereocenters. The van der Waals surface area contributed by atoms with Crippen LogP contribution >= 0.6 is 0 Å². The Morgan fingerprint density at radius 3 is 2.77 bits per heavy atom. The highest BCUT2D eigenvalue weighted by atomic mass is 15.3. The lowest BCUT2D eigenvalue weighted by atomic mass is 10.2. The van der Waals surface area contributed by atoms with Gasteiger partial charge in [-0.25, -0.2) is 4.98 Å². The molecular weight excluding hydrogens is 168 g/mol. The topological polar surface area (TPSA) is 106 Å². The van der Waals surface area contributed by atoms with E-state index in [0.717, 1.165) is 5.56 Å². The Labute approximate surface area is 74.0 Å². The summed E-state index contributed by atoms with van der Waals surface area (Å²) in [6, 6.07) is 3.47. The van der Waals surface area contributed by atoms with Crippen LogP contribution in [0.3, 0.4) is 0 Å². The quantitative estimate of drug-likeness (QED) is 0.568. The van der Waals surface area contributed by atoms with Gasteiger partial charge >= 0.3 is 0 Å². The lowest BCUT2D eigenvalue weighted by molar-refractivity contribution is 1.10. The van der Waals surface area contributed by atoms with E-state index in [1.165, 1.54) is 0 Å². The zero-order chi connectivity index (χ0) is 9.26. The van der Waals surface area contributed by atoms with Gasteiger partial charge in [0, 0.05) is 11.8 Å². The van der Waals surface area contributed by atoms with Crippen molar-refractivity contribution in [1.29, 1.82) is 0 Å². The van der Waals surface area contributed by atoms with Crippen molar-refractivity contribution >= 4 is 11.8 Å². The zero-order valence-electron chi connectivity index (χ0n) is 6.73. The van der Waals surface area contributed by atoms with Crippen LogP contribution in [0.2, 0.25) is 0 Å². The van der Waals surface area contributed by atoms with Gasteiger partial charge in [-0.15, -0.1) is 5.10 Å². The molecule has 0 atom stereocenters. The van der Waals surface area contributed by atoms with Crippen molar-refractivity contribution in [3.05, 3.63) is 18.3 Å². The molecule has 0 saturated heterocycles. The van der Waals surface area contributed by atoms with Crippen LogP contribution in [-0.2, 0) is 0 Å². The molecular formula is C7H8N6. The third-order valence-corrected chi connectivity index (χ3v) is 1.56. The summed E-state index contributed by atoms with van der Waals surface area (Å²) in [5.74, 6) is 1.24. The van der Waals surface area contributed by atoms with Crippen LogP contribution in [0.25, 0.3) is 11.4 Å². The normalized spacial score (nSPS) is 10.2. The first-order chi connectivity index (χ1) is 6.25. The zero-order valence-corrected chi connectivity index (χ0v) is 6.73. The number of nitrogens with one attached hydrogen (secondary N) is 1. The number of hydrogen-bond donors (Lipinski definition) is 3. The van der Waals surface area contributed by atoms with E-state index in [1.54, 1.807) is 18.3 Å². The Hall–Kier alpha value is -2.11. The maximum atomic E-state index is 5.50. The van der Waals surface area contributed by atoms with Crippen molar-refractivity contribution < 1.29 is 0 Å². The van der Waals surface area contributed by atoms with Crippen molar-refractivity contribution in [2.75, 3.05) is 11.5 Å². The second-order valence-corrected chi connectivity index (χ2v) is 2.51. The smallest absolute Gasteiger partial charge is 0.239 e. The Balaban J connectivity index is 2.46. The number of anilines is 2. The fourth-order valence-electron chi connectivity index (χ4n) is 1.000. The number of nitrogen functional groups attached to an aromatic ring is 2. The molecule has 2 aromatic heterocycles. The van der Waals surface area contributed by atoms with Crippen molar-refractivity contribution in [3.8, 4) is 11.4 Å². The number of nitrogens with two attached hydrogens (primary N) is 2. The maximum Gasteiger partial charge on any atom is 0.239 e. The van der Waals surface area contributed by atoms with Gasteiger partial charge in [0.05, 0.1) is 0 Å². The lowest BCUT2D eigenvalue weighted by Crippen LogP contribution is -1.90. The number of hydrogen-bond acceptors (Lipinski definition) is 5. The number of pyridine rings is 1. The highest BCUT2D eigenvalue weighted by Crippen LogP contribution is 2.15. The Morgan fingerprint density at radius 2 is 2.15 bits per heavy atom. The van der Waals surface area contributed by atoms with E-state index in [0.29, 0.717) is 11.6 Å². The Kier molecular flexibility index (Phi) is 1.59. The van der Waals surface area contributed by atoms with E-state index in [1.807, 2.05) is 0 Å². The first kappa shape index (κ1) is 7.53. The number of aromatic nitrogens is 4. The molecule has 2 rings (SSSR count). The van der Waals surface area contributed by atoms with Crippen molar-refractivity contribution in [2.45, 2.75) is 0 Å². The second kappa shape index (κ2) is 2.74. The van der Waals surface area contributed by atoms with Gasteiger partial charge in [0.25, 0.3) is 0 Å². The molecule has 0 amide bonds. The summed E-state index contributed by atoms with van der Waals surface area (Å²) in [5.41, 5.74) is 11.7. The van der Waals surface area contributed by atoms with Crippen molar-refractivity contribution in [3.63, 3.8) is 0 Å². The van der Waals surface area contributed by atoms with Gasteiger partial charge in [-0.2, -0.15) is 4.98 Å². The van der Waals surface area contributed by atoms with Crippen LogP contribution in [0.15, 0.2) is 18.3 Å². The predicted molar refractivity (Wildman–Crippen MR) is 48.4 cm³/mol. The van der Waals surface area contributed by atoms with Gasteiger partial charge in [0.1, 0.15) is 5.82 Å². The van der Waals surface area contributed by atoms with E-state index in [-0.39, 0.29) is 5.95 Å². The standard InChI is InChI=1S/C7H8N6/c8-5-3-4(1-2-10-5)6-11-7(9)13-12-6/h1-3H,(H2,8,10)(H3,9,11,12,13). The highest BCUT2D eigenvalue weighted by Gasteiger charge is 2.02. The maximum absolute atomic E-state index is 5.50. The van der Waals surface area contributed by atoms with Gasteiger partial charge < -0.3 is 11.5 Å². The monoisotopic (exact) mass is 176 g/mol. The van der Waals surface area contributed by atoms with Crippen molar-refractivity contribution in [2.24, 2.45) is 0 Å². The molecule has 13 heavy (non-hydrogen) atoms. The van der Waals surface area contributed by atoms with E-state index < -0.39 is 0 Å². The molecule has 0 aromatic carbocycles. The molecule has 6 heteroatoms. The second-order valence-electron chi connectivity index (χ2n) is 2.51. The Morgan fingerprint density at radius 1 is 1.31 bits per heavy atom. The number of nitrogens with zero attached hydrogens (tertiary/aromatic N) is 3. The predicted octanol–water partition coefficient (Wildman–Crippen LogP) is 0.0311. The van der Waals surface area contributed by atoms with E-state index in [4.69, 9.17) is 11.5 Å². The first-order valence-electron chi connectivity index (χ1n) is 3.65. The summed E-state index contributed by atoms with van der Waals surface area (Å²) in [6.07, 6.45) is 1.60. The number of rotatable bonds is 1. The fourth-order valence-corrected chi connectivity index (χ4v) is 1.000. The molecule has 0 saturated carbocycles. The minimum atomic E-state index is 0.213. The third-order valence-electron chi connectivity index (χ3n) is 1.56. The summed E-state index contributed by atoms with van der Waals surface area (Å²) >= 11 is 0. The molecule has 0 aliphatic heterocycles. The largest absolute Gasteiger partial charge is 0.384 e. The molecule has 0 spiro atoms. The summed E-state index contributed by atoms with van der Waals surface area (Å²) in [4.78, 5) is 7.81. The molecule has 0 fully saturated rings. The molecule has 0 radical (unpaired) electrons. The van der Waals surface area contributed by atoms with Crippen LogP contribution < -0.4 is 11.5 Å². The third kappa shape index (κ3) is 1.41. The summed E-state index contributed by atoms with van der Waals surface area (Å²) in [7, 11) is 0. The van der Waals surface area contributed by atoms with Crippen LogP contribution in [0.1, 0.15) is 0 Å². The number of aromatic amines is 1. The number of H-pyrrole nitrogens is 1. The van der Waals surface area contributed by atoms with E-state index in [2.05, 4.69) is 20.2 Å². The molecule has 0 aliphatic rings. The van der Waals surface area contributed by atoms with Crippen molar-refractivity contribution in [1.82, 2.24) is 20.2 Å². The van der Waals surface area contributed by atoms with E-state index >= 15 is 0 Å². The van der Waals surface area contributed by atoms with Gasteiger partial charge in [-0.05, 0) is 12.1 Å². The van der Waals surface area contributed by atoms with Crippen LogP contribution in [0, 0.1) is 0 Å². The van der Waals surface area contributed by atoms with Crippen LogP contribution in [0.5, 0.6) is 0 Å². The average Bonchev–Trinajstić information content (AvgIpc) is 2.52. The minimum absolute atomic E-state index is 0.213. The van der Waals surface area contributed by atoms with E-state index in [9.17, 15) is 0 Å². The molecule has 5 N–H and O–H groups in total. The van der Waals surface area contributed by atoms with Gasteiger partial charge in [0.15, 0.2) is 5.82 Å². The molecule has 0 bridgehead atoms. The van der Waals surface area contributed by atoms with Gasteiger partial charge in [-0.1, -0.05) is 0 Å². The molecule has 0 aliphatic carbocycles. The summed E-state index contributed by atoms with van der Waals surface area (Å²) in [5, 5.41) is 6.38. The average molecular weight is 176 g/mol. The summed E-state index contributed by atoms with van der Waals surface area (Å²) in [6.45, 7) is 0. The first-order valence-corrected chi connectivity index (χ1v) is 3.65.